The van der Waals surface area contributed by atoms with E-state index in [4.69, 9.17) is 0 Å². The second-order valence-corrected chi connectivity index (χ2v) is 9.09. The van der Waals surface area contributed by atoms with Gasteiger partial charge in [-0.2, -0.15) is 0 Å². The van der Waals surface area contributed by atoms with Gasteiger partial charge in [0, 0.05) is 25.2 Å². The maximum absolute atomic E-state index is 12.4. The van der Waals surface area contributed by atoms with E-state index in [0.29, 0.717) is 12.5 Å². The largest absolute Gasteiger partial charge is 0.342 e. The molecule has 24 heavy (non-hydrogen) atoms. The van der Waals surface area contributed by atoms with E-state index in [1.165, 1.54) is 64.6 Å². The third-order valence-corrected chi connectivity index (χ3v) is 7.45. The van der Waals surface area contributed by atoms with Gasteiger partial charge in [-0.25, -0.2) is 0 Å². The molecule has 2 atom stereocenters. The van der Waals surface area contributed by atoms with Crippen molar-refractivity contribution >= 4 is 5.91 Å². The normalized spacial score (nSPS) is 34.0. The zero-order chi connectivity index (χ0) is 17.2. The van der Waals surface area contributed by atoms with Crippen molar-refractivity contribution in [3.8, 4) is 0 Å². The smallest absolute Gasteiger partial charge is 0.236 e. The average molecular weight is 336 g/mol. The van der Waals surface area contributed by atoms with Crippen LogP contribution in [0.2, 0.25) is 0 Å². The van der Waals surface area contributed by atoms with Gasteiger partial charge in [0.1, 0.15) is 0 Å². The molecule has 2 aliphatic heterocycles. The number of hydrogen-bond acceptors (Lipinski definition) is 3. The highest BCUT2D eigenvalue weighted by Crippen LogP contribution is 2.50. The van der Waals surface area contributed by atoms with Gasteiger partial charge in [0.25, 0.3) is 0 Å². The number of carbonyl (C=O) groups is 1. The first-order valence-corrected chi connectivity index (χ1v) is 10.2. The lowest BCUT2D eigenvalue weighted by Gasteiger charge is -2.44. The van der Waals surface area contributed by atoms with Crippen molar-refractivity contribution in [1.82, 2.24) is 15.1 Å². The van der Waals surface area contributed by atoms with Crippen LogP contribution in [0.25, 0.3) is 0 Å². The van der Waals surface area contributed by atoms with Gasteiger partial charge in [0.15, 0.2) is 0 Å². The fraction of sp³-hybridized carbons (Fsp3) is 0.950. The van der Waals surface area contributed by atoms with Gasteiger partial charge in [-0.1, -0.05) is 20.3 Å². The Morgan fingerprint density at radius 3 is 2.29 bits per heavy atom. The molecule has 138 valence electrons. The van der Waals surface area contributed by atoms with Crippen LogP contribution < -0.4 is 5.32 Å². The second-order valence-electron chi connectivity index (χ2n) is 9.09. The maximum Gasteiger partial charge on any atom is 0.236 e. The molecule has 0 unspecified atom stereocenters. The monoisotopic (exact) mass is 335 g/mol. The molecule has 3 fully saturated rings. The Labute approximate surface area is 148 Å². The number of rotatable bonds is 5. The van der Waals surface area contributed by atoms with Gasteiger partial charge in [-0.15, -0.1) is 0 Å². The molecule has 0 bridgehead atoms. The minimum absolute atomic E-state index is 0.0723. The quantitative estimate of drug-likeness (QED) is 0.839. The van der Waals surface area contributed by atoms with E-state index in [2.05, 4.69) is 31.0 Å². The van der Waals surface area contributed by atoms with E-state index in [1.54, 1.807) is 0 Å². The van der Waals surface area contributed by atoms with Gasteiger partial charge >= 0.3 is 0 Å². The molecule has 3 aliphatic rings. The van der Waals surface area contributed by atoms with Crippen LogP contribution >= 0.6 is 0 Å². The Kier molecular flexibility index (Phi) is 5.55. The van der Waals surface area contributed by atoms with E-state index in [1.807, 2.05) is 4.90 Å². The number of carbonyl (C=O) groups excluding carboxylic acids is 1. The zero-order valence-corrected chi connectivity index (χ0v) is 16.1. The molecule has 1 N–H and O–H groups in total. The topological polar surface area (TPSA) is 35.6 Å². The molecule has 3 rings (SSSR count). The summed E-state index contributed by atoms with van der Waals surface area (Å²) in [5.74, 6) is 1.03. The van der Waals surface area contributed by atoms with Crippen LogP contribution in [0.15, 0.2) is 0 Å². The fourth-order valence-corrected chi connectivity index (χ4v) is 5.03. The number of likely N-dealkylation sites (tertiary alicyclic amines) is 2. The molecule has 1 amide bonds. The highest BCUT2D eigenvalue weighted by Gasteiger charge is 2.51. The van der Waals surface area contributed by atoms with Gasteiger partial charge in [0.2, 0.25) is 5.91 Å². The lowest BCUT2D eigenvalue weighted by molar-refractivity contribution is -0.129. The maximum atomic E-state index is 12.4. The Balaban J connectivity index is 1.55. The van der Waals surface area contributed by atoms with Gasteiger partial charge in [0.05, 0.1) is 6.54 Å². The van der Waals surface area contributed by atoms with Gasteiger partial charge in [-0.3, -0.25) is 4.79 Å². The molecule has 0 aromatic carbocycles. The summed E-state index contributed by atoms with van der Waals surface area (Å²) in [6, 6.07) is 0. The van der Waals surface area contributed by atoms with Gasteiger partial charge in [-0.05, 0) is 69.9 Å². The van der Waals surface area contributed by atoms with Crippen LogP contribution in [0, 0.1) is 11.3 Å². The Morgan fingerprint density at radius 2 is 1.62 bits per heavy atom. The van der Waals surface area contributed by atoms with Crippen molar-refractivity contribution in [2.45, 2.75) is 71.3 Å². The molecule has 2 heterocycles. The second kappa shape index (κ2) is 7.33. The van der Waals surface area contributed by atoms with E-state index < -0.39 is 0 Å². The van der Waals surface area contributed by atoms with Crippen molar-refractivity contribution in [2.75, 3.05) is 39.3 Å². The lowest BCUT2D eigenvalue weighted by atomic mass is 9.71. The summed E-state index contributed by atoms with van der Waals surface area (Å²) in [7, 11) is 0. The molecule has 1 saturated carbocycles. The van der Waals surface area contributed by atoms with E-state index >= 15 is 0 Å². The Hall–Kier alpha value is -0.610. The van der Waals surface area contributed by atoms with Gasteiger partial charge < -0.3 is 15.1 Å². The number of amides is 1. The first-order valence-electron chi connectivity index (χ1n) is 10.2. The van der Waals surface area contributed by atoms with Crippen LogP contribution in [-0.4, -0.2) is 60.5 Å². The minimum atomic E-state index is 0.0723. The molecule has 0 spiro atoms. The standard InChI is InChI=1S/C20H37N3O/c1-19(2)17(16-22-11-5-4-6-12-22)9-10-20(19,3)21-15-18(24)23-13-7-8-14-23/h17,21H,4-16H2,1-3H3/t17-,20-/m0/s1. The number of nitrogens with zero attached hydrogens (tertiary/aromatic N) is 2. The summed E-state index contributed by atoms with van der Waals surface area (Å²) in [4.78, 5) is 17.1. The van der Waals surface area contributed by atoms with Crippen molar-refractivity contribution in [3.05, 3.63) is 0 Å². The highest BCUT2D eigenvalue weighted by atomic mass is 16.2. The lowest BCUT2D eigenvalue weighted by Crippen LogP contribution is -2.55. The fourth-order valence-electron chi connectivity index (χ4n) is 5.03. The van der Waals surface area contributed by atoms with Crippen LogP contribution in [0.4, 0.5) is 0 Å². The minimum Gasteiger partial charge on any atom is -0.342 e. The molecule has 0 aromatic rings. The summed E-state index contributed by atoms with van der Waals surface area (Å²) >= 11 is 0. The van der Waals surface area contributed by atoms with Crippen molar-refractivity contribution in [3.63, 3.8) is 0 Å². The molecule has 0 aromatic heterocycles. The number of nitrogens with one attached hydrogen (secondary N) is 1. The third-order valence-electron chi connectivity index (χ3n) is 7.45. The number of hydrogen-bond donors (Lipinski definition) is 1. The summed E-state index contributed by atoms with van der Waals surface area (Å²) in [5, 5.41) is 3.68. The zero-order valence-electron chi connectivity index (χ0n) is 16.1. The van der Waals surface area contributed by atoms with Crippen LogP contribution in [0.5, 0.6) is 0 Å². The molecule has 1 aliphatic carbocycles. The van der Waals surface area contributed by atoms with E-state index in [-0.39, 0.29) is 11.0 Å². The summed E-state index contributed by atoms with van der Waals surface area (Å²) in [6.07, 6.45) is 8.96. The average Bonchev–Trinajstić information content (AvgIpc) is 3.17. The first kappa shape index (κ1) is 18.2. The molecule has 0 radical (unpaired) electrons. The van der Waals surface area contributed by atoms with Crippen molar-refractivity contribution in [2.24, 2.45) is 11.3 Å². The first-order chi connectivity index (χ1) is 11.4. The Bertz CT molecular complexity index is 438. The third kappa shape index (κ3) is 3.65. The van der Waals surface area contributed by atoms with Crippen molar-refractivity contribution in [1.29, 1.82) is 0 Å². The summed E-state index contributed by atoms with van der Waals surface area (Å²) in [5.41, 5.74) is 0.304. The van der Waals surface area contributed by atoms with E-state index in [9.17, 15) is 4.79 Å². The number of piperidine rings is 1. The van der Waals surface area contributed by atoms with Crippen LogP contribution in [0.3, 0.4) is 0 Å². The summed E-state index contributed by atoms with van der Waals surface area (Å²) in [6.45, 7) is 13.4. The van der Waals surface area contributed by atoms with Crippen LogP contribution in [-0.2, 0) is 4.79 Å². The predicted molar refractivity (Wildman–Crippen MR) is 99.0 cm³/mol. The Morgan fingerprint density at radius 1 is 1.00 bits per heavy atom. The molecule has 4 nitrogen and oxygen atoms in total. The molecular formula is C20H37N3O. The molecule has 2 saturated heterocycles. The SMILES string of the molecule is CC1(C)[C@H](CN2CCCCC2)CC[C@]1(C)NCC(=O)N1CCCC1. The van der Waals surface area contributed by atoms with Crippen LogP contribution in [0.1, 0.15) is 65.7 Å². The van der Waals surface area contributed by atoms with Crippen molar-refractivity contribution < 1.29 is 4.79 Å². The molecule has 4 heteroatoms. The van der Waals surface area contributed by atoms with E-state index in [0.717, 1.165) is 19.0 Å². The highest BCUT2D eigenvalue weighted by molar-refractivity contribution is 5.78. The molecular weight excluding hydrogens is 298 g/mol. The predicted octanol–water partition coefficient (Wildman–Crippen LogP) is 2.88. The summed E-state index contributed by atoms with van der Waals surface area (Å²) < 4.78 is 0.